The maximum Gasteiger partial charge on any atom is 0.321 e. The number of piperidine rings is 2. The fraction of sp³-hybridized carbons (Fsp3) is 0.524. The van der Waals surface area contributed by atoms with Crippen molar-refractivity contribution in [2.24, 2.45) is 0 Å². The zero-order valence-electron chi connectivity index (χ0n) is 15.7. The van der Waals surface area contributed by atoms with Crippen molar-refractivity contribution in [3.63, 3.8) is 0 Å². The van der Waals surface area contributed by atoms with E-state index < -0.39 is 0 Å². The number of hydrogen-bond donors (Lipinski definition) is 1. The Bertz CT molecular complexity index is 684. The molecule has 0 saturated carbocycles. The molecule has 1 atom stereocenters. The van der Waals surface area contributed by atoms with Crippen LogP contribution in [0.4, 0.5) is 10.5 Å². The second kappa shape index (κ2) is 7.94. The topological polar surface area (TPSA) is 52.7 Å². The molecule has 2 aliphatic rings. The SMILES string of the molecule is C=CCN1C(=O)CCC[C@]12CCCN(C(=O)Nc1cccc(CC)c1)C2. The first-order chi connectivity index (χ1) is 12.6. The molecule has 140 valence electrons. The van der Waals surface area contributed by atoms with Crippen molar-refractivity contribution in [1.29, 1.82) is 0 Å². The van der Waals surface area contributed by atoms with Gasteiger partial charge >= 0.3 is 6.03 Å². The van der Waals surface area contributed by atoms with Crippen molar-refractivity contribution in [2.45, 2.75) is 51.0 Å². The van der Waals surface area contributed by atoms with E-state index in [1.165, 1.54) is 5.56 Å². The van der Waals surface area contributed by atoms with Gasteiger partial charge in [0.25, 0.3) is 0 Å². The molecule has 0 bridgehead atoms. The van der Waals surface area contributed by atoms with Gasteiger partial charge in [-0.05, 0) is 49.8 Å². The zero-order valence-corrected chi connectivity index (χ0v) is 15.7. The van der Waals surface area contributed by atoms with Crippen molar-refractivity contribution in [2.75, 3.05) is 25.0 Å². The average molecular weight is 355 g/mol. The summed E-state index contributed by atoms with van der Waals surface area (Å²) in [5, 5.41) is 3.03. The number of rotatable bonds is 4. The maximum absolute atomic E-state index is 12.8. The maximum atomic E-state index is 12.8. The van der Waals surface area contributed by atoms with Crippen LogP contribution in [0.25, 0.3) is 0 Å². The smallest absolute Gasteiger partial charge is 0.321 e. The van der Waals surface area contributed by atoms with E-state index in [1.807, 2.05) is 28.0 Å². The zero-order chi connectivity index (χ0) is 18.6. The Kier molecular flexibility index (Phi) is 5.64. The van der Waals surface area contributed by atoms with Gasteiger partial charge in [-0.15, -0.1) is 6.58 Å². The number of amides is 3. The van der Waals surface area contributed by atoms with Crippen LogP contribution in [0.3, 0.4) is 0 Å². The fourth-order valence-corrected chi connectivity index (χ4v) is 4.31. The normalized spacial score (nSPS) is 23.2. The first-order valence-corrected chi connectivity index (χ1v) is 9.64. The highest BCUT2D eigenvalue weighted by molar-refractivity contribution is 5.89. The molecule has 2 saturated heterocycles. The molecule has 1 aromatic carbocycles. The summed E-state index contributed by atoms with van der Waals surface area (Å²) in [6, 6.07) is 7.90. The van der Waals surface area contributed by atoms with E-state index in [0.29, 0.717) is 19.5 Å². The molecular weight excluding hydrogens is 326 g/mol. The van der Waals surface area contributed by atoms with Gasteiger partial charge in [0.15, 0.2) is 0 Å². The van der Waals surface area contributed by atoms with Gasteiger partial charge in [-0.1, -0.05) is 25.1 Å². The van der Waals surface area contributed by atoms with E-state index in [0.717, 1.165) is 44.3 Å². The predicted octanol–water partition coefficient (Wildman–Crippen LogP) is 3.81. The second-order valence-electron chi connectivity index (χ2n) is 7.38. The van der Waals surface area contributed by atoms with Crippen LogP contribution in [0.5, 0.6) is 0 Å². The number of urea groups is 1. The Morgan fingerprint density at radius 3 is 2.92 bits per heavy atom. The number of carbonyl (C=O) groups is 2. The van der Waals surface area contributed by atoms with E-state index in [-0.39, 0.29) is 17.5 Å². The quantitative estimate of drug-likeness (QED) is 0.835. The number of nitrogens with one attached hydrogen (secondary N) is 1. The molecule has 3 rings (SSSR count). The molecule has 5 heteroatoms. The van der Waals surface area contributed by atoms with Crippen LogP contribution < -0.4 is 5.32 Å². The largest absolute Gasteiger partial charge is 0.332 e. The predicted molar refractivity (Wildman–Crippen MR) is 104 cm³/mol. The van der Waals surface area contributed by atoms with Gasteiger partial charge in [-0.25, -0.2) is 4.79 Å². The standard InChI is InChI=1S/C21H29N3O2/c1-3-13-24-19(25)10-6-11-21(24)12-7-14-23(16-21)20(26)22-18-9-5-8-17(4-2)15-18/h3,5,8-9,15H,1,4,6-7,10-14,16H2,2H3,(H,22,26)/t21-/m1/s1. The summed E-state index contributed by atoms with van der Waals surface area (Å²) < 4.78 is 0. The second-order valence-corrected chi connectivity index (χ2v) is 7.38. The summed E-state index contributed by atoms with van der Waals surface area (Å²) in [7, 11) is 0. The minimum Gasteiger partial charge on any atom is -0.332 e. The van der Waals surface area contributed by atoms with E-state index in [2.05, 4.69) is 24.9 Å². The molecule has 2 heterocycles. The summed E-state index contributed by atoms with van der Waals surface area (Å²) in [5.74, 6) is 0.189. The van der Waals surface area contributed by atoms with Crippen LogP contribution >= 0.6 is 0 Å². The Morgan fingerprint density at radius 1 is 1.35 bits per heavy atom. The third-order valence-electron chi connectivity index (χ3n) is 5.65. The number of nitrogens with zero attached hydrogens (tertiary/aromatic N) is 2. The molecular formula is C21H29N3O2. The molecule has 0 radical (unpaired) electrons. The average Bonchev–Trinajstić information content (AvgIpc) is 2.65. The highest BCUT2D eigenvalue weighted by Crippen LogP contribution is 2.36. The minimum atomic E-state index is -0.232. The lowest BCUT2D eigenvalue weighted by atomic mass is 9.79. The number of carbonyl (C=O) groups excluding carboxylic acids is 2. The summed E-state index contributed by atoms with van der Waals surface area (Å²) >= 11 is 0. The number of anilines is 1. The van der Waals surface area contributed by atoms with Gasteiger partial charge in [0.2, 0.25) is 5.91 Å². The van der Waals surface area contributed by atoms with Crippen molar-refractivity contribution < 1.29 is 9.59 Å². The third-order valence-corrected chi connectivity index (χ3v) is 5.65. The summed E-state index contributed by atoms with van der Waals surface area (Å²) in [6.45, 7) is 7.81. The van der Waals surface area contributed by atoms with Gasteiger partial charge in [-0.3, -0.25) is 4.79 Å². The van der Waals surface area contributed by atoms with Crippen LogP contribution in [0.15, 0.2) is 36.9 Å². The summed E-state index contributed by atoms with van der Waals surface area (Å²) in [5.41, 5.74) is 1.80. The Labute approximate surface area is 156 Å². The molecule has 0 aromatic heterocycles. The number of benzene rings is 1. The van der Waals surface area contributed by atoms with Crippen LogP contribution in [0, 0.1) is 0 Å². The fourth-order valence-electron chi connectivity index (χ4n) is 4.31. The minimum absolute atomic E-state index is 0.0751. The molecule has 26 heavy (non-hydrogen) atoms. The summed E-state index contributed by atoms with van der Waals surface area (Å²) in [4.78, 5) is 29.1. The molecule has 5 nitrogen and oxygen atoms in total. The monoisotopic (exact) mass is 355 g/mol. The Hall–Kier alpha value is -2.30. The molecule has 1 N–H and O–H groups in total. The van der Waals surface area contributed by atoms with E-state index >= 15 is 0 Å². The van der Waals surface area contributed by atoms with Crippen molar-refractivity contribution in [3.05, 3.63) is 42.5 Å². The van der Waals surface area contributed by atoms with Crippen molar-refractivity contribution in [3.8, 4) is 0 Å². The van der Waals surface area contributed by atoms with Crippen LogP contribution in [-0.4, -0.2) is 46.9 Å². The van der Waals surface area contributed by atoms with Gasteiger partial charge in [0.1, 0.15) is 0 Å². The van der Waals surface area contributed by atoms with Gasteiger partial charge in [-0.2, -0.15) is 0 Å². The first-order valence-electron chi connectivity index (χ1n) is 9.64. The van der Waals surface area contributed by atoms with Crippen LogP contribution in [0.1, 0.15) is 44.6 Å². The highest BCUT2D eigenvalue weighted by Gasteiger charge is 2.45. The molecule has 0 aliphatic carbocycles. The number of hydrogen-bond acceptors (Lipinski definition) is 2. The van der Waals surface area contributed by atoms with Crippen molar-refractivity contribution in [1.82, 2.24) is 9.80 Å². The Balaban J connectivity index is 1.73. The first kappa shape index (κ1) is 18.5. The van der Waals surface area contributed by atoms with E-state index in [4.69, 9.17) is 0 Å². The molecule has 1 aromatic rings. The highest BCUT2D eigenvalue weighted by atomic mass is 16.2. The van der Waals surface area contributed by atoms with Gasteiger partial charge in [0.05, 0.1) is 5.54 Å². The lowest BCUT2D eigenvalue weighted by molar-refractivity contribution is -0.143. The lowest BCUT2D eigenvalue weighted by Gasteiger charge is -2.51. The number of likely N-dealkylation sites (tertiary alicyclic amines) is 2. The molecule has 2 fully saturated rings. The summed E-state index contributed by atoms with van der Waals surface area (Å²) in [6.07, 6.45) is 7.08. The van der Waals surface area contributed by atoms with Crippen LogP contribution in [-0.2, 0) is 11.2 Å². The molecule has 1 spiro atoms. The molecule has 2 aliphatic heterocycles. The van der Waals surface area contributed by atoms with E-state index in [1.54, 1.807) is 6.08 Å². The molecule has 3 amide bonds. The number of aryl methyl sites for hydroxylation is 1. The molecule has 0 unspecified atom stereocenters. The van der Waals surface area contributed by atoms with Crippen molar-refractivity contribution >= 4 is 17.6 Å². The Morgan fingerprint density at radius 2 is 2.15 bits per heavy atom. The van der Waals surface area contributed by atoms with Crippen LogP contribution in [0.2, 0.25) is 0 Å². The van der Waals surface area contributed by atoms with Gasteiger partial charge < -0.3 is 15.1 Å². The third kappa shape index (κ3) is 3.76. The van der Waals surface area contributed by atoms with E-state index in [9.17, 15) is 9.59 Å². The van der Waals surface area contributed by atoms with Gasteiger partial charge in [0, 0.05) is 31.7 Å². The lowest BCUT2D eigenvalue weighted by Crippen LogP contribution is -2.63.